The Hall–Kier alpha value is -1.13. The van der Waals surface area contributed by atoms with Gasteiger partial charge in [0, 0.05) is 44.2 Å². The van der Waals surface area contributed by atoms with Gasteiger partial charge in [-0.2, -0.15) is 0 Å². The van der Waals surface area contributed by atoms with E-state index < -0.39 is 0 Å². The average molecular weight is 412 g/mol. The van der Waals surface area contributed by atoms with Crippen molar-refractivity contribution in [3.8, 4) is 0 Å². The van der Waals surface area contributed by atoms with Gasteiger partial charge in [0.1, 0.15) is 0 Å². The van der Waals surface area contributed by atoms with Crippen LogP contribution in [0.2, 0.25) is 15.1 Å². The third-order valence-corrected chi connectivity index (χ3v) is 5.98. The molecule has 1 aromatic heterocycles. The summed E-state index contributed by atoms with van der Waals surface area (Å²) in [6.45, 7) is 0.933. The molecule has 0 fully saturated rings. The molecule has 3 aromatic rings. The summed E-state index contributed by atoms with van der Waals surface area (Å²) in [6, 6.07) is 13.6. The number of halogens is 3. The minimum atomic E-state index is 0.245. The second-order valence-corrected chi connectivity index (χ2v) is 8.23. The summed E-state index contributed by atoms with van der Waals surface area (Å²) in [5, 5.41) is 2.35. The number of aryl methyl sites for hydroxylation is 1. The molecule has 2 nitrogen and oxygen atoms in total. The van der Waals surface area contributed by atoms with Gasteiger partial charge in [-0.1, -0.05) is 40.9 Å². The average Bonchev–Trinajstić information content (AvgIpc) is 3.09. The monoisotopic (exact) mass is 410 g/mol. The minimum Gasteiger partial charge on any atom is -0.337 e. The van der Waals surface area contributed by atoms with Crippen LogP contribution >= 0.6 is 46.6 Å². The summed E-state index contributed by atoms with van der Waals surface area (Å²) in [6.07, 6.45) is 7.65. The van der Waals surface area contributed by atoms with E-state index >= 15 is 0 Å². The van der Waals surface area contributed by atoms with Gasteiger partial charge < -0.3 is 4.57 Å². The number of hydrogen-bond donors (Lipinski definition) is 0. The molecule has 0 saturated heterocycles. The van der Waals surface area contributed by atoms with E-state index in [1.54, 1.807) is 18.0 Å². The van der Waals surface area contributed by atoms with Crippen molar-refractivity contribution in [2.75, 3.05) is 0 Å². The summed E-state index contributed by atoms with van der Waals surface area (Å²) in [4.78, 5) is 5.26. The third-order valence-electron chi connectivity index (χ3n) is 3.84. The van der Waals surface area contributed by atoms with Crippen molar-refractivity contribution in [2.24, 2.45) is 0 Å². The van der Waals surface area contributed by atoms with Gasteiger partial charge >= 0.3 is 0 Å². The first-order chi connectivity index (χ1) is 12.1. The predicted molar refractivity (Wildman–Crippen MR) is 108 cm³/mol. The van der Waals surface area contributed by atoms with Gasteiger partial charge in [0.25, 0.3) is 0 Å². The van der Waals surface area contributed by atoms with Gasteiger partial charge in [0.2, 0.25) is 0 Å². The van der Waals surface area contributed by atoms with Crippen molar-refractivity contribution in [2.45, 2.75) is 29.5 Å². The van der Waals surface area contributed by atoms with E-state index in [1.165, 1.54) is 4.90 Å². The first-order valence-electron chi connectivity index (χ1n) is 7.95. The topological polar surface area (TPSA) is 17.8 Å². The molecule has 25 heavy (non-hydrogen) atoms. The van der Waals surface area contributed by atoms with Crippen LogP contribution < -0.4 is 0 Å². The molecular weight excluding hydrogens is 395 g/mol. The fraction of sp³-hybridized carbons (Fsp3) is 0.211. The first kappa shape index (κ1) is 18.7. The summed E-state index contributed by atoms with van der Waals surface area (Å²) < 4.78 is 2.09. The van der Waals surface area contributed by atoms with E-state index in [2.05, 4.69) is 9.55 Å². The van der Waals surface area contributed by atoms with Crippen molar-refractivity contribution in [1.82, 2.24) is 9.55 Å². The number of hydrogen-bond acceptors (Lipinski definition) is 2. The second-order valence-electron chi connectivity index (χ2n) is 5.67. The van der Waals surface area contributed by atoms with Crippen LogP contribution in [0.5, 0.6) is 0 Å². The molecule has 3 rings (SSSR count). The van der Waals surface area contributed by atoms with Crippen molar-refractivity contribution < 1.29 is 0 Å². The molecule has 0 aliphatic rings. The predicted octanol–water partition coefficient (Wildman–Crippen LogP) is 7.16. The van der Waals surface area contributed by atoms with Crippen LogP contribution in [0.15, 0.2) is 66.1 Å². The minimum absolute atomic E-state index is 0.245. The molecule has 1 atom stereocenters. The zero-order chi connectivity index (χ0) is 17.6. The standard InChI is InChI=1S/C19H17Cl3N2S/c20-14-3-6-16(7-4-14)25-19(2-1-10-24-11-9-23-13-24)17-8-5-15(21)12-18(17)22/h3-9,11-13,19H,1-2,10H2. The van der Waals surface area contributed by atoms with Crippen LogP contribution in [-0.2, 0) is 6.54 Å². The van der Waals surface area contributed by atoms with E-state index in [1.807, 2.05) is 55.0 Å². The number of nitrogens with zero attached hydrogens (tertiary/aromatic N) is 2. The highest BCUT2D eigenvalue weighted by atomic mass is 35.5. The van der Waals surface area contributed by atoms with Crippen molar-refractivity contribution >= 4 is 46.6 Å². The molecule has 0 bridgehead atoms. The van der Waals surface area contributed by atoms with Crippen molar-refractivity contribution in [1.29, 1.82) is 0 Å². The van der Waals surface area contributed by atoms with E-state index in [0.29, 0.717) is 10.0 Å². The van der Waals surface area contributed by atoms with E-state index in [-0.39, 0.29) is 5.25 Å². The smallest absolute Gasteiger partial charge is 0.0945 e. The second kappa shape index (κ2) is 9.00. The zero-order valence-corrected chi connectivity index (χ0v) is 16.5. The molecule has 0 radical (unpaired) electrons. The van der Waals surface area contributed by atoms with Crippen LogP contribution in [0.25, 0.3) is 0 Å². The maximum absolute atomic E-state index is 6.46. The summed E-state index contributed by atoms with van der Waals surface area (Å²) >= 11 is 20.3. The van der Waals surface area contributed by atoms with Crippen molar-refractivity contribution in [3.05, 3.63) is 81.8 Å². The van der Waals surface area contributed by atoms with E-state index in [9.17, 15) is 0 Å². The SMILES string of the molecule is Clc1ccc(SC(CCCn2ccnc2)c2ccc(Cl)cc2Cl)cc1. The van der Waals surface area contributed by atoms with Crippen LogP contribution in [0, 0.1) is 0 Å². The fourth-order valence-electron chi connectivity index (χ4n) is 2.60. The van der Waals surface area contributed by atoms with Crippen molar-refractivity contribution in [3.63, 3.8) is 0 Å². The van der Waals surface area contributed by atoms with E-state index in [0.717, 1.165) is 30.0 Å². The first-order valence-corrected chi connectivity index (χ1v) is 9.96. The molecule has 2 aromatic carbocycles. The number of rotatable bonds is 7. The molecule has 6 heteroatoms. The molecular formula is C19H17Cl3N2S. The fourth-order valence-corrected chi connectivity index (χ4v) is 4.57. The van der Waals surface area contributed by atoms with Gasteiger partial charge in [0.05, 0.1) is 6.33 Å². The lowest BCUT2D eigenvalue weighted by Gasteiger charge is -2.19. The van der Waals surface area contributed by atoms with Crippen LogP contribution in [0.3, 0.4) is 0 Å². The van der Waals surface area contributed by atoms with Gasteiger partial charge in [-0.25, -0.2) is 4.98 Å². The Kier molecular flexibility index (Phi) is 6.71. The molecule has 1 unspecified atom stereocenters. The van der Waals surface area contributed by atoms with Gasteiger partial charge in [-0.15, -0.1) is 11.8 Å². The summed E-state index contributed by atoms with van der Waals surface area (Å²) in [5.74, 6) is 0. The van der Waals surface area contributed by atoms with Gasteiger partial charge in [0.15, 0.2) is 0 Å². The maximum Gasteiger partial charge on any atom is 0.0945 e. The Balaban J connectivity index is 1.75. The van der Waals surface area contributed by atoms with Crippen LogP contribution in [-0.4, -0.2) is 9.55 Å². The van der Waals surface area contributed by atoms with Crippen LogP contribution in [0.1, 0.15) is 23.7 Å². The molecule has 0 aliphatic carbocycles. The van der Waals surface area contributed by atoms with Crippen LogP contribution in [0.4, 0.5) is 0 Å². The highest BCUT2D eigenvalue weighted by Crippen LogP contribution is 2.42. The molecule has 0 saturated carbocycles. The molecule has 0 amide bonds. The Morgan fingerprint density at radius 2 is 1.76 bits per heavy atom. The largest absolute Gasteiger partial charge is 0.337 e. The Morgan fingerprint density at radius 3 is 2.44 bits per heavy atom. The third kappa shape index (κ3) is 5.42. The highest BCUT2D eigenvalue weighted by molar-refractivity contribution is 7.99. The Morgan fingerprint density at radius 1 is 1.00 bits per heavy atom. The number of aromatic nitrogens is 2. The molecule has 0 N–H and O–H groups in total. The molecule has 0 aliphatic heterocycles. The van der Waals surface area contributed by atoms with Gasteiger partial charge in [-0.3, -0.25) is 0 Å². The normalized spacial score (nSPS) is 12.3. The number of thioether (sulfide) groups is 1. The summed E-state index contributed by atoms with van der Waals surface area (Å²) in [5.41, 5.74) is 1.11. The lowest BCUT2D eigenvalue weighted by Crippen LogP contribution is -2.00. The zero-order valence-electron chi connectivity index (χ0n) is 13.4. The maximum atomic E-state index is 6.46. The Bertz CT molecular complexity index is 804. The molecule has 0 spiro atoms. The summed E-state index contributed by atoms with van der Waals surface area (Å²) in [7, 11) is 0. The Labute approximate surface area is 167 Å². The lowest BCUT2D eigenvalue weighted by atomic mass is 10.1. The van der Waals surface area contributed by atoms with E-state index in [4.69, 9.17) is 34.8 Å². The number of imidazole rings is 1. The lowest BCUT2D eigenvalue weighted by molar-refractivity contribution is 0.604. The molecule has 130 valence electrons. The number of benzene rings is 2. The quantitative estimate of drug-likeness (QED) is 0.384. The molecule has 1 heterocycles. The van der Waals surface area contributed by atoms with Gasteiger partial charge in [-0.05, 0) is 54.8 Å². The highest BCUT2D eigenvalue weighted by Gasteiger charge is 2.17.